The van der Waals surface area contributed by atoms with Gasteiger partial charge in [-0.05, 0) is 12.8 Å². The topological polar surface area (TPSA) is 113 Å². The van der Waals surface area contributed by atoms with Crippen LogP contribution in [-0.2, 0) is 4.79 Å². The fourth-order valence-corrected chi connectivity index (χ4v) is 1.37. The minimum Gasteiger partial charge on any atom is -0.480 e. The van der Waals surface area contributed by atoms with E-state index in [0.29, 0.717) is 11.7 Å². The molecule has 0 saturated heterocycles. The Morgan fingerprint density at radius 3 is 2.82 bits per heavy atom. The largest absolute Gasteiger partial charge is 0.480 e. The summed E-state index contributed by atoms with van der Waals surface area (Å²) in [6.45, 7) is -0.672. The van der Waals surface area contributed by atoms with E-state index in [-0.39, 0.29) is 5.69 Å². The first-order chi connectivity index (χ1) is 8.11. The van der Waals surface area contributed by atoms with Crippen molar-refractivity contribution in [3.8, 4) is 0 Å². The molecule has 1 aliphatic rings. The number of amides is 1. The molecule has 92 valence electrons. The molecule has 1 aromatic heterocycles. The molecule has 1 saturated carbocycles. The lowest BCUT2D eigenvalue weighted by Gasteiger charge is -2.09. The van der Waals surface area contributed by atoms with Crippen molar-refractivity contribution in [1.82, 2.24) is 10.5 Å². The average molecular weight is 240 g/mol. The number of carbonyl (C=O) groups is 2. The molecule has 0 aliphatic heterocycles. The third-order valence-corrected chi connectivity index (χ3v) is 2.53. The van der Waals surface area contributed by atoms with E-state index in [1.165, 1.54) is 6.07 Å². The molecule has 0 radical (unpaired) electrons. The van der Waals surface area contributed by atoms with Crippen molar-refractivity contribution in [2.45, 2.75) is 24.8 Å². The summed E-state index contributed by atoms with van der Waals surface area (Å²) >= 11 is 0. The number of nitrogens with zero attached hydrogens (tertiary/aromatic N) is 1. The van der Waals surface area contributed by atoms with Gasteiger partial charge in [-0.25, -0.2) is 4.79 Å². The first-order valence-electron chi connectivity index (χ1n) is 5.23. The third kappa shape index (κ3) is 2.62. The molecule has 3 N–H and O–H groups in total. The fraction of sp³-hybridized carbons (Fsp3) is 0.500. The van der Waals surface area contributed by atoms with E-state index in [0.717, 1.165) is 12.8 Å². The molecule has 1 aliphatic carbocycles. The quantitative estimate of drug-likeness (QED) is 0.652. The molecule has 1 amide bonds. The highest BCUT2D eigenvalue weighted by atomic mass is 16.5. The maximum atomic E-state index is 11.6. The van der Waals surface area contributed by atoms with Crippen molar-refractivity contribution >= 4 is 11.9 Å². The minimum absolute atomic E-state index is 0.0339. The maximum absolute atomic E-state index is 11.6. The van der Waals surface area contributed by atoms with Crippen LogP contribution in [-0.4, -0.2) is 39.9 Å². The van der Waals surface area contributed by atoms with Crippen LogP contribution >= 0.6 is 0 Å². The normalized spacial score (nSPS) is 16.5. The number of carbonyl (C=O) groups excluding carboxylic acids is 1. The number of rotatable bonds is 5. The Bertz CT molecular complexity index is 438. The number of carboxylic acids is 1. The van der Waals surface area contributed by atoms with Gasteiger partial charge in [0, 0.05) is 12.0 Å². The highest BCUT2D eigenvalue weighted by Crippen LogP contribution is 2.40. The summed E-state index contributed by atoms with van der Waals surface area (Å²) in [5.41, 5.74) is 0.0339. The second-order valence-electron chi connectivity index (χ2n) is 3.94. The van der Waals surface area contributed by atoms with Gasteiger partial charge in [0.15, 0.2) is 11.7 Å². The molecular weight excluding hydrogens is 228 g/mol. The molecule has 7 heteroatoms. The molecule has 1 heterocycles. The second kappa shape index (κ2) is 4.54. The number of nitrogens with one attached hydrogen (secondary N) is 1. The van der Waals surface area contributed by atoms with Crippen LogP contribution in [0.15, 0.2) is 10.6 Å². The van der Waals surface area contributed by atoms with Crippen LogP contribution in [0.3, 0.4) is 0 Å². The Hall–Kier alpha value is -1.89. The van der Waals surface area contributed by atoms with Gasteiger partial charge < -0.3 is 20.1 Å². The van der Waals surface area contributed by atoms with Crippen LogP contribution in [0.1, 0.15) is 35.0 Å². The van der Waals surface area contributed by atoms with Crippen molar-refractivity contribution in [1.29, 1.82) is 0 Å². The summed E-state index contributed by atoms with van der Waals surface area (Å²) < 4.78 is 4.96. The van der Waals surface area contributed by atoms with Crippen LogP contribution in [0.2, 0.25) is 0 Å². The number of hydrogen-bond acceptors (Lipinski definition) is 5. The van der Waals surface area contributed by atoms with Crippen molar-refractivity contribution in [2.75, 3.05) is 6.61 Å². The number of aliphatic carboxylic acids is 1. The van der Waals surface area contributed by atoms with Gasteiger partial charge >= 0.3 is 5.97 Å². The molecule has 1 atom stereocenters. The molecule has 0 spiro atoms. The maximum Gasteiger partial charge on any atom is 0.328 e. The van der Waals surface area contributed by atoms with Gasteiger partial charge in [-0.1, -0.05) is 5.16 Å². The molecule has 17 heavy (non-hydrogen) atoms. The van der Waals surface area contributed by atoms with E-state index in [1.807, 2.05) is 0 Å². The first-order valence-corrected chi connectivity index (χ1v) is 5.23. The summed E-state index contributed by atoms with van der Waals surface area (Å²) in [7, 11) is 0. The van der Waals surface area contributed by atoms with Gasteiger partial charge in [0.25, 0.3) is 5.91 Å². The van der Waals surface area contributed by atoms with Crippen LogP contribution in [0.25, 0.3) is 0 Å². The zero-order valence-corrected chi connectivity index (χ0v) is 8.92. The van der Waals surface area contributed by atoms with Gasteiger partial charge in [0.1, 0.15) is 5.76 Å². The van der Waals surface area contributed by atoms with Crippen LogP contribution in [0.5, 0.6) is 0 Å². The van der Waals surface area contributed by atoms with Gasteiger partial charge in [-0.2, -0.15) is 0 Å². The highest BCUT2D eigenvalue weighted by Gasteiger charge is 2.29. The molecule has 2 rings (SSSR count). The average Bonchev–Trinajstić information content (AvgIpc) is 3.03. The Kier molecular flexibility index (Phi) is 3.10. The summed E-state index contributed by atoms with van der Waals surface area (Å²) in [6.07, 6.45) is 2.04. The Labute approximate surface area is 96.4 Å². The standard InChI is InChI=1S/C10H12N2O5/c13-4-7(10(15)16)11-9(14)6-3-8(17-12-6)5-1-2-5/h3,5,7,13H,1-2,4H2,(H,11,14)(H,15,16)/t7-/m1/s1. The molecule has 0 unspecified atom stereocenters. The molecule has 0 aromatic carbocycles. The zero-order valence-electron chi connectivity index (χ0n) is 8.92. The zero-order chi connectivity index (χ0) is 12.4. The number of carboxylic acid groups (broad SMARTS) is 1. The van der Waals surface area contributed by atoms with Crippen LogP contribution in [0.4, 0.5) is 0 Å². The van der Waals surface area contributed by atoms with Gasteiger partial charge in [-0.15, -0.1) is 0 Å². The van der Waals surface area contributed by atoms with Crippen molar-refractivity contribution in [3.63, 3.8) is 0 Å². The van der Waals surface area contributed by atoms with Gasteiger partial charge in [0.05, 0.1) is 6.61 Å². The minimum atomic E-state index is -1.33. The van der Waals surface area contributed by atoms with Gasteiger partial charge in [0.2, 0.25) is 0 Å². The van der Waals surface area contributed by atoms with E-state index in [4.69, 9.17) is 14.7 Å². The smallest absolute Gasteiger partial charge is 0.328 e. The van der Waals surface area contributed by atoms with E-state index >= 15 is 0 Å². The monoisotopic (exact) mass is 240 g/mol. The van der Waals surface area contributed by atoms with Crippen LogP contribution < -0.4 is 5.32 Å². The lowest BCUT2D eigenvalue weighted by atomic mass is 10.2. The summed E-state index contributed by atoms with van der Waals surface area (Å²) in [6, 6.07) is 0.173. The number of aromatic nitrogens is 1. The summed E-state index contributed by atoms with van der Waals surface area (Å²) in [5.74, 6) is -0.989. The molecule has 1 fully saturated rings. The number of aliphatic hydroxyl groups excluding tert-OH is 1. The SMILES string of the molecule is O=C(N[C@H](CO)C(=O)O)c1cc(C2CC2)on1. The van der Waals surface area contributed by atoms with Crippen molar-refractivity contribution < 1.29 is 24.3 Å². The Balaban J connectivity index is 2.00. The van der Waals surface area contributed by atoms with Crippen LogP contribution in [0, 0.1) is 0 Å². The third-order valence-electron chi connectivity index (χ3n) is 2.53. The molecule has 0 bridgehead atoms. The number of hydrogen-bond donors (Lipinski definition) is 3. The van der Waals surface area contributed by atoms with Crippen molar-refractivity contribution in [2.24, 2.45) is 0 Å². The van der Waals surface area contributed by atoms with E-state index < -0.39 is 24.5 Å². The lowest BCUT2D eigenvalue weighted by Crippen LogP contribution is -2.43. The molecular formula is C10H12N2O5. The lowest BCUT2D eigenvalue weighted by molar-refractivity contribution is -0.140. The Morgan fingerprint density at radius 1 is 1.59 bits per heavy atom. The van der Waals surface area contributed by atoms with E-state index in [2.05, 4.69) is 10.5 Å². The first kappa shape index (κ1) is 11.6. The van der Waals surface area contributed by atoms with Gasteiger partial charge in [-0.3, -0.25) is 4.79 Å². The van der Waals surface area contributed by atoms with Crippen molar-refractivity contribution in [3.05, 3.63) is 17.5 Å². The molecule has 1 aromatic rings. The predicted octanol–water partition coefficient (Wildman–Crippen LogP) is -0.273. The number of aliphatic hydroxyl groups is 1. The Morgan fingerprint density at radius 2 is 2.29 bits per heavy atom. The highest BCUT2D eigenvalue weighted by molar-refractivity contribution is 5.94. The predicted molar refractivity (Wildman–Crippen MR) is 54.5 cm³/mol. The second-order valence-corrected chi connectivity index (χ2v) is 3.94. The van der Waals surface area contributed by atoms with E-state index in [9.17, 15) is 9.59 Å². The summed E-state index contributed by atoms with van der Waals surface area (Å²) in [5, 5.41) is 23.1. The fourth-order valence-electron chi connectivity index (χ4n) is 1.37. The summed E-state index contributed by atoms with van der Waals surface area (Å²) in [4.78, 5) is 22.2. The van der Waals surface area contributed by atoms with E-state index in [1.54, 1.807) is 0 Å². The molecule has 7 nitrogen and oxygen atoms in total.